The van der Waals surface area contributed by atoms with Crippen molar-refractivity contribution >= 4 is 28.6 Å². The molecule has 1 aromatic heterocycles. The summed E-state index contributed by atoms with van der Waals surface area (Å²) in [4.78, 5) is 23.9. The third-order valence-electron chi connectivity index (χ3n) is 3.25. The number of para-hydroxylation sites is 1. The van der Waals surface area contributed by atoms with Gasteiger partial charge in [0.15, 0.2) is 0 Å². The first kappa shape index (κ1) is 12.3. The summed E-state index contributed by atoms with van der Waals surface area (Å²) in [6, 6.07) is 7.52. The zero-order valence-electron chi connectivity index (χ0n) is 10.4. The minimum absolute atomic E-state index is 0.0503. The van der Waals surface area contributed by atoms with Crippen LogP contribution in [0.15, 0.2) is 29.1 Å². The molecule has 0 aliphatic carbocycles. The van der Waals surface area contributed by atoms with Crippen LogP contribution in [0.4, 0.5) is 0 Å². The summed E-state index contributed by atoms with van der Waals surface area (Å²) in [6.45, 7) is 0.0503. The number of nitrogens with zero attached hydrogens (tertiary/aromatic N) is 1. The Morgan fingerprint density at radius 2 is 2.32 bits per heavy atom. The summed E-state index contributed by atoms with van der Waals surface area (Å²) in [5.74, 6) is 1.95. The SMILES string of the molecule is O=C(Cn1[nH]c2ccccc2c1=O)N[C@H]1CCSC1. The molecular formula is C13H15N3O2S. The molecule has 1 aromatic carbocycles. The summed E-state index contributed by atoms with van der Waals surface area (Å²) >= 11 is 1.85. The van der Waals surface area contributed by atoms with Gasteiger partial charge in [0, 0.05) is 11.8 Å². The van der Waals surface area contributed by atoms with E-state index in [1.165, 1.54) is 4.68 Å². The minimum Gasteiger partial charge on any atom is -0.351 e. The molecule has 0 bridgehead atoms. The zero-order valence-corrected chi connectivity index (χ0v) is 11.2. The fourth-order valence-electron chi connectivity index (χ4n) is 2.29. The number of hydrogen-bond acceptors (Lipinski definition) is 3. The number of carbonyl (C=O) groups is 1. The Balaban J connectivity index is 1.75. The van der Waals surface area contributed by atoms with Crippen LogP contribution in [0.3, 0.4) is 0 Å². The van der Waals surface area contributed by atoms with Gasteiger partial charge in [0.05, 0.1) is 10.9 Å². The van der Waals surface area contributed by atoms with Crippen LogP contribution in [0.1, 0.15) is 6.42 Å². The van der Waals surface area contributed by atoms with E-state index in [4.69, 9.17) is 0 Å². The van der Waals surface area contributed by atoms with Gasteiger partial charge in [0.25, 0.3) is 5.56 Å². The average Bonchev–Trinajstić information content (AvgIpc) is 3.00. The third kappa shape index (κ3) is 2.53. The summed E-state index contributed by atoms with van der Waals surface area (Å²) < 4.78 is 1.36. The molecule has 1 fully saturated rings. The van der Waals surface area contributed by atoms with Gasteiger partial charge >= 0.3 is 0 Å². The van der Waals surface area contributed by atoms with Crippen LogP contribution >= 0.6 is 11.8 Å². The fraction of sp³-hybridized carbons (Fsp3) is 0.385. The molecule has 6 heteroatoms. The van der Waals surface area contributed by atoms with Crippen molar-refractivity contribution < 1.29 is 4.79 Å². The van der Waals surface area contributed by atoms with Crippen molar-refractivity contribution in [2.75, 3.05) is 11.5 Å². The van der Waals surface area contributed by atoms with Gasteiger partial charge in [-0.05, 0) is 24.3 Å². The molecule has 5 nitrogen and oxygen atoms in total. The molecule has 0 unspecified atom stereocenters. The van der Waals surface area contributed by atoms with Crippen LogP contribution < -0.4 is 10.9 Å². The van der Waals surface area contributed by atoms with Gasteiger partial charge in [-0.15, -0.1) is 0 Å². The first-order valence-electron chi connectivity index (χ1n) is 6.29. The molecule has 1 aliphatic heterocycles. The van der Waals surface area contributed by atoms with Crippen molar-refractivity contribution in [1.29, 1.82) is 0 Å². The average molecular weight is 277 g/mol. The highest BCUT2D eigenvalue weighted by molar-refractivity contribution is 7.99. The zero-order chi connectivity index (χ0) is 13.2. The highest BCUT2D eigenvalue weighted by Crippen LogP contribution is 2.16. The van der Waals surface area contributed by atoms with E-state index in [-0.39, 0.29) is 24.1 Å². The van der Waals surface area contributed by atoms with E-state index < -0.39 is 0 Å². The number of aromatic amines is 1. The number of fused-ring (bicyclic) bond motifs is 1. The molecule has 0 saturated carbocycles. The lowest BCUT2D eigenvalue weighted by Gasteiger charge is -2.10. The topological polar surface area (TPSA) is 66.9 Å². The second-order valence-corrected chi connectivity index (χ2v) is 5.83. The predicted octanol–water partition coefficient (Wildman–Crippen LogP) is 0.951. The monoisotopic (exact) mass is 277 g/mol. The maximum Gasteiger partial charge on any atom is 0.274 e. The normalized spacial score (nSPS) is 18.8. The van der Waals surface area contributed by atoms with Crippen LogP contribution in [0, 0.1) is 0 Å². The molecular weight excluding hydrogens is 262 g/mol. The number of rotatable bonds is 3. The van der Waals surface area contributed by atoms with Crippen LogP contribution in [0.2, 0.25) is 0 Å². The van der Waals surface area contributed by atoms with Crippen molar-refractivity contribution in [2.45, 2.75) is 19.0 Å². The van der Waals surface area contributed by atoms with Gasteiger partial charge in [-0.25, -0.2) is 4.68 Å². The Bertz CT molecular complexity index is 655. The molecule has 2 aromatic rings. The predicted molar refractivity (Wildman–Crippen MR) is 76.4 cm³/mol. The van der Waals surface area contributed by atoms with Crippen molar-refractivity contribution in [3.05, 3.63) is 34.6 Å². The molecule has 0 spiro atoms. The Hall–Kier alpha value is -1.69. The quantitative estimate of drug-likeness (QED) is 0.878. The summed E-state index contributed by atoms with van der Waals surface area (Å²) in [5.41, 5.74) is 0.614. The summed E-state index contributed by atoms with van der Waals surface area (Å²) in [7, 11) is 0. The molecule has 2 N–H and O–H groups in total. The summed E-state index contributed by atoms with van der Waals surface area (Å²) in [5, 5.41) is 6.53. The van der Waals surface area contributed by atoms with Gasteiger partial charge in [-0.1, -0.05) is 12.1 Å². The Morgan fingerprint density at radius 1 is 1.47 bits per heavy atom. The lowest BCUT2D eigenvalue weighted by atomic mass is 10.2. The van der Waals surface area contributed by atoms with Crippen molar-refractivity contribution in [3.8, 4) is 0 Å². The molecule has 100 valence electrons. The minimum atomic E-state index is -0.147. The van der Waals surface area contributed by atoms with Gasteiger partial charge in [0.1, 0.15) is 6.54 Å². The van der Waals surface area contributed by atoms with Crippen LogP contribution in [-0.2, 0) is 11.3 Å². The van der Waals surface area contributed by atoms with Gasteiger partial charge in [-0.3, -0.25) is 14.7 Å². The van der Waals surface area contributed by atoms with Crippen LogP contribution in [0.5, 0.6) is 0 Å². The molecule has 1 saturated heterocycles. The molecule has 2 heterocycles. The van der Waals surface area contributed by atoms with E-state index in [2.05, 4.69) is 10.4 Å². The maximum absolute atomic E-state index is 12.0. The number of carbonyl (C=O) groups excluding carboxylic acids is 1. The number of nitrogens with one attached hydrogen (secondary N) is 2. The molecule has 0 radical (unpaired) electrons. The lowest BCUT2D eigenvalue weighted by molar-refractivity contribution is -0.122. The smallest absolute Gasteiger partial charge is 0.274 e. The molecule has 3 rings (SSSR count). The number of benzene rings is 1. The fourth-order valence-corrected chi connectivity index (χ4v) is 3.44. The first-order valence-corrected chi connectivity index (χ1v) is 7.44. The molecule has 1 amide bonds. The molecule has 1 aliphatic rings. The van der Waals surface area contributed by atoms with Crippen LogP contribution in [-0.4, -0.2) is 33.2 Å². The van der Waals surface area contributed by atoms with Crippen molar-refractivity contribution in [3.63, 3.8) is 0 Å². The Labute approximate surface area is 114 Å². The summed E-state index contributed by atoms with van der Waals surface area (Å²) in [6.07, 6.45) is 1.01. The van der Waals surface area contributed by atoms with Crippen molar-refractivity contribution in [1.82, 2.24) is 15.1 Å². The number of H-pyrrole nitrogens is 1. The largest absolute Gasteiger partial charge is 0.351 e. The van der Waals surface area contributed by atoms with Gasteiger partial charge < -0.3 is 5.32 Å². The van der Waals surface area contributed by atoms with E-state index in [1.807, 2.05) is 30.0 Å². The van der Waals surface area contributed by atoms with Gasteiger partial charge in [-0.2, -0.15) is 11.8 Å². The van der Waals surface area contributed by atoms with Crippen LogP contribution in [0.25, 0.3) is 10.9 Å². The molecule has 19 heavy (non-hydrogen) atoms. The van der Waals surface area contributed by atoms with E-state index in [0.717, 1.165) is 23.4 Å². The van der Waals surface area contributed by atoms with E-state index in [0.29, 0.717) is 5.39 Å². The highest BCUT2D eigenvalue weighted by atomic mass is 32.2. The third-order valence-corrected chi connectivity index (χ3v) is 4.42. The van der Waals surface area contributed by atoms with E-state index in [1.54, 1.807) is 6.07 Å². The number of aromatic nitrogens is 2. The van der Waals surface area contributed by atoms with Gasteiger partial charge in [0.2, 0.25) is 5.91 Å². The number of amides is 1. The Kier molecular flexibility index (Phi) is 3.33. The van der Waals surface area contributed by atoms with E-state index >= 15 is 0 Å². The Morgan fingerprint density at radius 3 is 3.05 bits per heavy atom. The van der Waals surface area contributed by atoms with E-state index in [9.17, 15) is 9.59 Å². The highest BCUT2D eigenvalue weighted by Gasteiger charge is 2.18. The second-order valence-electron chi connectivity index (χ2n) is 4.68. The number of hydrogen-bond donors (Lipinski definition) is 2. The second kappa shape index (κ2) is 5.13. The van der Waals surface area contributed by atoms with Crippen molar-refractivity contribution in [2.24, 2.45) is 0 Å². The lowest BCUT2D eigenvalue weighted by Crippen LogP contribution is -2.38. The number of thioether (sulfide) groups is 1. The molecule has 1 atom stereocenters. The maximum atomic E-state index is 12.0. The first-order chi connectivity index (χ1) is 9.24. The standard InChI is InChI=1S/C13H15N3O2S/c17-12(14-9-5-6-19-8-9)7-16-13(18)10-3-1-2-4-11(10)15-16/h1-4,9,15H,5-8H2,(H,14,17)/t9-/m0/s1.